The minimum Gasteiger partial charge on any atom is -0.385 e. The molecule has 88 valence electrons. The summed E-state index contributed by atoms with van der Waals surface area (Å²) in [5.41, 5.74) is 6.94. The van der Waals surface area contributed by atoms with Gasteiger partial charge < -0.3 is 15.7 Å². The fourth-order valence-corrected chi connectivity index (χ4v) is 2.42. The van der Waals surface area contributed by atoms with E-state index in [0.29, 0.717) is 5.82 Å². The second kappa shape index (κ2) is 4.03. The van der Waals surface area contributed by atoms with Crippen LogP contribution in [0.15, 0.2) is 12.3 Å². The monoisotopic (exact) mass is 221 g/mol. The van der Waals surface area contributed by atoms with Crippen LogP contribution in [0.5, 0.6) is 0 Å². The third kappa shape index (κ3) is 1.90. The predicted molar refractivity (Wildman–Crippen MR) is 64.0 cm³/mol. The molecule has 0 unspecified atom stereocenters. The molecule has 3 N–H and O–H groups in total. The SMILES string of the molecule is Cc1ccnc(N)c1C1(O)CCN(C)CC1. The molecule has 0 bridgehead atoms. The van der Waals surface area contributed by atoms with Crippen molar-refractivity contribution in [1.29, 1.82) is 0 Å². The topological polar surface area (TPSA) is 62.4 Å². The second-order valence-electron chi connectivity index (χ2n) is 4.72. The van der Waals surface area contributed by atoms with Gasteiger partial charge in [0.2, 0.25) is 0 Å². The van der Waals surface area contributed by atoms with Crippen LogP contribution in [0.3, 0.4) is 0 Å². The van der Waals surface area contributed by atoms with Gasteiger partial charge in [-0.25, -0.2) is 4.98 Å². The van der Waals surface area contributed by atoms with Crippen LogP contribution in [-0.2, 0) is 5.60 Å². The van der Waals surface area contributed by atoms with Gasteiger partial charge in [-0.3, -0.25) is 0 Å². The summed E-state index contributed by atoms with van der Waals surface area (Å²) >= 11 is 0. The van der Waals surface area contributed by atoms with Crippen molar-refractivity contribution in [2.24, 2.45) is 0 Å². The van der Waals surface area contributed by atoms with Crippen molar-refractivity contribution < 1.29 is 5.11 Å². The number of anilines is 1. The quantitative estimate of drug-likeness (QED) is 0.739. The maximum atomic E-state index is 10.7. The van der Waals surface area contributed by atoms with E-state index in [1.165, 1.54) is 0 Å². The van der Waals surface area contributed by atoms with Gasteiger partial charge in [0.15, 0.2) is 0 Å². The first-order valence-corrected chi connectivity index (χ1v) is 5.65. The molecule has 0 radical (unpaired) electrons. The van der Waals surface area contributed by atoms with Gasteiger partial charge in [-0.2, -0.15) is 0 Å². The summed E-state index contributed by atoms with van der Waals surface area (Å²) in [7, 11) is 2.07. The van der Waals surface area contributed by atoms with E-state index in [0.717, 1.165) is 37.1 Å². The molecule has 0 saturated carbocycles. The second-order valence-corrected chi connectivity index (χ2v) is 4.72. The smallest absolute Gasteiger partial charge is 0.129 e. The number of nitrogen functional groups attached to an aromatic ring is 1. The van der Waals surface area contributed by atoms with Crippen LogP contribution in [0.25, 0.3) is 0 Å². The summed E-state index contributed by atoms with van der Waals surface area (Å²) in [6.45, 7) is 3.76. The fraction of sp³-hybridized carbons (Fsp3) is 0.583. The Morgan fingerprint density at radius 2 is 2.06 bits per heavy atom. The van der Waals surface area contributed by atoms with Gasteiger partial charge in [-0.15, -0.1) is 0 Å². The largest absolute Gasteiger partial charge is 0.385 e. The summed E-state index contributed by atoms with van der Waals surface area (Å²) < 4.78 is 0. The van der Waals surface area contributed by atoms with E-state index in [4.69, 9.17) is 5.73 Å². The average molecular weight is 221 g/mol. The zero-order chi connectivity index (χ0) is 11.8. The summed E-state index contributed by atoms with van der Waals surface area (Å²) in [5, 5.41) is 10.7. The maximum Gasteiger partial charge on any atom is 0.129 e. The Balaban J connectivity index is 2.36. The van der Waals surface area contributed by atoms with Crippen LogP contribution in [0.2, 0.25) is 0 Å². The van der Waals surface area contributed by atoms with Crippen LogP contribution in [0.4, 0.5) is 5.82 Å². The molecule has 1 fully saturated rings. The summed E-state index contributed by atoms with van der Waals surface area (Å²) in [6.07, 6.45) is 3.13. The first-order chi connectivity index (χ1) is 7.53. The Hall–Kier alpha value is -1.13. The first-order valence-electron chi connectivity index (χ1n) is 5.65. The minimum absolute atomic E-state index is 0.465. The minimum atomic E-state index is -0.797. The van der Waals surface area contributed by atoms with Gasteiger partial charge in [-0.1, -0.05) is 0 Å². The molecule has 1 aromatic heterocycles. The van der Waals surface area contributed by atoms with E-state index in [9.17, 15) is 5.11 Å². The molecule has 0 aliphatic carbocycles. The van der Waals surface area contributed by atoms with Gasteiger partial charge in [0, 0.05) is 24.8 Å². The number of aryl methyl sites for hydroxylation is 1. The number of aliphatic hydroxyl groups is 1. The Morgan fingerprint density at radius 1 is 1.44 bits per heavy atom. The highest BCUT2D eigenvalue weighted by atomic mass is 16.3. The number of nitrogens with two attached hydrogens (primary N) is 1. The van der Waals surface area contributed by atoms with E-state index in [1.54, 1.807) is 6.20 Å². The lowest BCUT2D eigenvalue weighted by atomic mass is 9.82. The van der Waals surface area contributed by atoms with E-state index >= 15 is 0 Å². The predicted octanol–water partition coefficient (Wildman–Crippen LogP) is 0.885. The van der Waals surface area contributed by atoms with Crippen molar-refractivity contribution in [3.8, 4) is 0 Å². The number of likely N-dealkylation sites (tertiary alicyclic amines) is 1. The van der Waals surface area contributed by atoms with Crippen LogP contribution in [-0.4, -0.2) is 35.1 Å². The summed E-state index contributed by atoms with van der Waals surface area (Å²) in [4.78, 5) is 6.30. The third-order valence-corrected chi connectivity index (χ3v) is 3.47. The highest BCUT2D eigenvalue weighted by molar-refractivity contribution is 5.48. The van der Waals surface area contributed by atoms with Crippen molar-refractivity contribution >= 4 is 5.82 Å². The summed E-state index contributed by atoms with van der Waals surface area (Å²) in [6, 6.07) is 1.90. The number of nitrogens with zero attached hydrogens (tertiary/aromatic N) is 2. The standard InChI is InChI=1S/C12H19N3O/c1-9-3-6-14-11(13)10(9)12(16)4-7-15(2)8-5-12/h3,6,16H,4-5,7-8H2,1-2H3,(H2,13,14). The Morgan fingerprint density at radius 3 is 2.62 bits per heavy atom. The molecule has 2 rings (SSSR count). The maximum absolute atomic E-state index is 10.7. The van der Waals surface area contributed by atoms with Crippen LogP contribution in [0, 0.1) is 6.92 Å². The lowest BCUT2D eigenvalue weighted by molar-refractivity contribution is -0.0203. The molecular formula is C12H19N3O. The average Bonchev–Trinajstić information content (AvgIpc) is 2.23. The van der Waals surface area contributed by atoms with Crippen molar-refractivity contribution in [2.45, 2.75) is 25.4 Å². The highest BCUT2D eigenvalue weighted by Gasteiger charge is 2.36. The van der Waals surface area contributed by atoms with Gasteiger partial charge >= 0.3 is 0 Å². The number of hydrogen-bond donors (Lipinski definition) is 2. The Bertz CT molecular complexity index is 364. The van der Waals surface area contributed by atoms with E-state index < -0.39 is 5.60 Å². The number of rotatable bonds is 1. The van der Waals surface area contributed by atoms with Crippen molar-refractivity contribution in [3.63, 3.8) is 0 Å². The van der Waals surface area contributed by atoms with Crippen LogP contribution < -0.4 is 5.73 Å². The number of piperidine rings is 1. The molecule has 1 saturated heterocycles. The molecule has 1 aliphatic heterocycles. The number of hydrogen-bond acceptors (Lipinski definition) is 4. The zero-order valence-electron chi connectivity index (χ0n) is 9.90. The zero-order valence-corrected chi connectivity index (χ0v) is 9.90. The molecule has 0 amide bonds. The van der Waals surface area contributed by atoms with Crippen molar-refractivity contribution in [1.82, 2.24) is 9.88 Å². The molecule has 16 heavy (non-hydrogen) atoms. The lowest BCUT2D eigenvalue weighted by Crippen LogP contribution is -2.41. The first kappa shape index (κ1) is 11.4. The molecule has 0 spiro atoms. The van der Waals surface area contributed by atoms with Crippen molar-refractivity contribution in [3.05, 3.63) is 23.4 Å². The van der Waals surface area contributed by atoms with Gasteiger partial charge in [0.25, 0.3) is 0 Å². The lowest BCUT2D eigenvalue weighted by Gasteiger charge is -2.37. The van der Waals surface area contributed by atoms with E-state index in [1.807, 2.05) is 13.0 Å². The Labute approximate surface area is 96.1 Å². The number of aromatic nitrogens is 1. The number of pyridine rings is 1. The normalized spacial score (nSPS) is 20.9. The molecule has 1 aliphatic rings. The fourth-order valence-electron chi connectivity index (χ4n) is 2.42. The molecule has 4 heteroatoms. The van der Waals surface area contributed by atoms with Gasteiger partial charge in [0.1, 0.15) is 5.82 Å². The van der Waals surface area contributed by atoms with E-state index in [-0.39, 0.29) is 0 Å². The highest BCUT2D eigenvalue weighted by Crippen LogP contribution is 2.36. The van der Waals surface area contributed by atoms with Crippen LogP contribution in [0.1, 0.15) is 24.0 Å². The molecular weight excluding hydrogens is 202 g/mol. The van der Waals surface area contributed by atoms with Crippen molar-refractivity contribution in [2.75, 3.05) is 25.9 Å². The molecule has 0 atom stereocenters. The summed E-state index contributed by atoms with van der Waals surface area (Å²) in [5.74, 6) is 0.465. The van der Waals surface area contributed by atoms with E-state index in [2.05, 4.69) is 16.9 Å². The molecule has 4 nitrogen and oxygen atoms in total. The Kier molecular flexibility index (Phi) is 2.86. The molecule has 0 aromatic carbocycles. The van der Waals surface area contributed by atoms with Crippen LogP contribution >= 0.6 is 0 Å². The van der Waals surface area contributed by atoms with Gasteiger partial charge in [-0.05, 0) is 38.4 Å². The molecule has 2 heterocycles. The van der Waals surface area contributed by atoms with Gasteiger partial charge in [0.05, 0.1) is 5.60 Å². The molecule has 1 aromatic rings. The third-order valence-electron chi connectivity index (χ3n) is 3.47.